The van der Waals surface area contributed by atoms with Crippen molar-refractivity contribution in [2.75, 3.05) is 13.2 Å². The minimum atomic E-state index is -3.71. The zero-order valence-corrected chi connectivity index (χ0v) is 16.8. The fourth-order valence-corrected chi connectivity index (χ4v) is 4.68. The summed E-state index contributed by atoms with van der Waals surface area (Å²) >= 11 is 0. The van der Waals surface area contributed by atoms with Crippen molar-refractivity contribution in [2.45, 2.75) is 30.9 Å². The molecule has 0 fully saturated rings. The van der Waals surface area contributed by atoms with Gasteiger partial charge in [0.15, 0.2) is 0 Å². The Labute approximate surface area is 166 Å². The van der Waals surface area contributed by atoms with Gasteiger partial charge in [-0.3, -0.25) is 0 Å². The molecule has 0 aliphatic rings. The molecule has 0 amide bonds. The second-order valence-electron chi connectivity index (χ2n) is 6.82. The van der Waals surface area contributed by atoms with Gasteiger partial charge in [-0.1, -0.05) is 60.7 Å². The molecule has 3 aromatic carbocycles. The van der Waals surface area contributed by atoms with Gasteiger partial charge in [0.2, 0.25) is 10.0 Å². The highest BCUT2D eigenvalue weighted by molar-refractivity contribution is 7.89. The van der Waals surface area contributed by atoms with Gasteiger partial charge in [0.05, 0.1) is 18.1 Å². The van der Waals surface area contributed by atoms with Crippen molar-refractivity contribution in [3.63, 3.8) is 0 Å². The van der Waals surface area contributed by atoms with Crippen LogP contribution in [0, 0.1) is 6.92 Å². The summed E-state index contributed by atoms with van der Waals surface area (Å²) in [6, 6.07) is 20.4. The van der Waals surface area contributed by atoms with Crippen LogP contribution in [0.3, 0.4) is 0 Å². The van der Waals surface area contributed by atoms with Crippen molar-refractivity contribution in [2.24, 2.45) is 5.73 Å². The lowest BCUT2D eigenvalue weighted by Crippen LogP contribution is -2.39. The number of aryl methyl sites for hydroxylation is 1. The van der Waals surface area contributed by atoms with Crippen LogP contribution in [0.4, 0.5) is 0 Å². The molecule has 3 rings (SSSR count). The average molecular weight is 399 g/mol. The van der Waals surface area contributed by atoms with E-state index in [0.717, 1.165) is 16.5 Å². The van der Waals surface area contributed by atoms with Gasteiger partial charge in [0.1, 0.15) is 0 Å². The molecule has 0 spiro atoms. The van der Waals surface area contributed by atoms with Crippen molar-refractivity contribution in [3.8, 4) is 0 Å². The van der Waals surface area contributed by atoms with Gasteiger partial charge < -0.3 is 10.5 Å². The summed E-state index contributed by atoms with van der Waals surface area (Å²) in [5, 5.41) is 1.65. The van der Waals surface area contributed by atoms with E-state index in [0.29, 0.717) is 25.0 Å². The third kappa shape index (κ3) is 4.97. The molecular weight excluding hydrogens is 372 g/mol. The van der Waals surface area contributed by atoms with Crippen LogP contribution in [-0.4, -0.2) is 27.6 Å². The van der Waals surface area contributed by atoms with Crippen molar-refractivity contribution >= 4 is 20.8 Å². The van der Waals surface area contributed by atoms with E-state index in [1.165, 1.54) is 0 Å². The summed E-state index contributed by atoms with van der Waals surface area (Å²) in [4.78, 5) is 0.277. The molecule has 0 bridgehead atoms. The molecule has 0 saturated heterocycles. The third-order valence-corrected chi connectivity index (χ3v) is 6.24. The predicted molar refractivity (Wildman–Crippen MR) is 113 cm³/mol. The molecule has 0 radical (unpaired) electrons. The highest BCUT2D eigenvalue weighted by atomic mass is 32.2. The highest BCUT2D eigenvalue weighted by Crippen LogP contribution is 2.26. The van der Waals surface area contributed by atoms with E-state index >= 15 is 0 Å². The smallest absolute Gasteiger partial charge is 0.241 e. The molecule has 0 aliphatic heterocycles. The van der Waals surface area contributed by atoms with Crippen molar-refractivity contribution in [3.05, 3.63) is 77.9 Å². The summed E-state index contributed by atoms with van der Waals surface area (Å²) < 4.78 is 34.7. The molecule has 0 heterocycles. The molecule has 28 heavy (non-hydrogen) atoms. The van der Waals surface area contributed by atoms with Gasteiger partial charge >= 0.3 is 0 Å². The third-order valence-electron chi connectivity index (χ3n) is 4.66. The quantitative estimate of drug-likeness (QED) is 0.579. The first kappa shape index (κ1) is 20.5. The molecule has 6 heteroatoms. The molecule has 5 nitrogen and oxygen atoms in total. The van der Waals surface area contributed by atoms with E-state index in [1.54, 1.807) is 6.07 Å². The van der Waals surface area contributed by atoms with Crippen LogP contribution in [0.15, 0.2) is 71.6 Å². The van der Waals surface area contributed by atoms with Gasteiger partial charge in [-0.05, 0) is 42.5 Å². The molecular formula is C22H26N2O3S. The number of sulfonamides is 1. The lowest BCUT2D eigenvalue weighted by Gasteiger charge is -2.19. The first-order valence-electron chi connectivity index (χ1n) is 9.33. The predicted octanol–water partition coefficient (Wildman–Crippen LogP) is 3.36. The molecule has 0 unspecified atom stereocenters. The first-order valence-corrected chi connectivity index (χ1v) is 10.8. The number of fused-ring (bicyclic) bond motifs is 1. The van der Waals surface area contributed by atoms with E-state index in [4.69, 9.17) is 10.5 Å². The molecule has 3 N–H and O–H groups in total. The summed E-state index contributed by atoms with van der Waals surface area (Å²) in [7, 11) is -3.71. The topological polar surface area (TPSA) is 81.4 Å². The fraction of sp³-hybridized carbons (Fsp3) is 0.273. The minimum absolute atomic E-state index is 0.259. The Morgan fingerprint density at radius 3 is 2.36 bits per heavy atom. The first-order chi connectivity index (χ1) is 13.5. The summed E-state index contributed by atoms with van der Waals surface area (Å²) in [5.74, 6) is 0. The van der Waals surface area contributed by atoms with Crippen LogP contribution < -0.4 is 10.5 Å². The zero-order valence-electron chi connectivity index (χ0n) is 16.0. The maximum absolute atomic E-state index is 13.1. The van der Waals surface area contributed by atoms with E-state index < -0.39 is 16.1 Å². The van der Waals surface area contributed by atoms with Crippen molar-refractivity contribution < 1.29 is 13.2 Å². The molecule has 1 atom stereocenters. The number of ether oxygens (including phenoxy) is 1. The molecule has 148 valence electrons. The monoisotopic (exact) mass is 398 g/mol. The van der Waals surface area contributed by atoms with E-state index in [-0.39, 0.29) is 11.5 Å². The standard InChI is InChI=1S/C22H26N2O3S/c1-17-11-12-22(21-10-6-5-9-20(17)21)28(25,26)24-19(13-14-23)16-27-15-18-7-3-2-4-8-18/h2-12,19,24H,13-16,23H2,1H3/t19-/m0/s1. The number of nitrogens with two attached hydrogens (primary N) is 1. The Morgan fingerprint density at radius 1 is 0.964 bits per heavy atom. The highest BCUT2D eigenvalue weighted by Gasteiger charge is 2.22. The lowest BCUT2D eigenvalue weighted by molar-refractivity contribution is 0.102. The zero-order chi connectivity index (χ0) is 20.0. The number of benzene rings is 3. The van der Waals surface area contributed by atoms with Gasteiger partial charge in [0.25, 0.3) is 0 Å². The van der Waals surface area contributed by atoms with Crippen molar-refractivity contribution in [1.29, 1.82) is 0 Å². The number of hydrogen-bond acceptors (Lipinski definition) is 4. The average Bonchev–Trinajstić information content (AvgIpc) is 2.69. The van der Waals surface area contributed by atoms with Crippen LogP contribution in [0.2, 0.25) is 0 Å². The van der Waals surface area contributed by atoms with Gasteiger partial charge in [-0.25, -0.2) is 13.1 Å². The fourth-order valence-electron chi connectivity index (χ4n) is 3.21. The summed E-state index contributed by atoms with van der Waals surface area (Å²) in [6.45, 7) is 3.03. The van der Waals surface area contributed by atoms with Crippen LogP contribution in [0.5, 0.6) is 0 Å². The van der Waals surface area contributed by atoms with Crippen LogP contribution >= 0.6 is 0 Å². The second-order valence-corrected chi connectivity index (χ2v) is 8.50. The Kier molecular flexibility index (Phi) is 6.80. The van der Waals surface area contributed by atoms with Crippen LogP contribution in [-0.2, 0) is 21.4 Å². The second kappa shape index (κ2) is 9.30. The molecule has 0 aromatic heterocycles. The van der Waals surface area contributed by atoms with Crippen LogP contribution in [0.25, 0.3) is 10.8 Å². The van der Waals surface area contributed by atoms with Gasteiger partial charge in [-0.2, -0.15) is 0 Å². The number of nitrogens with one attached hydrogen (secondary N) is 1. The van der Waals surface area contributed by atoms with Crippen molar-refractivity contribution in [1.82, 2.24) is 4.72 Å². The largest absolute Gasteiger partial charge is 0.375 e. The summed E-state index contributed by atoms with van der Waals surface area (Å²) in [6.07, 6.45) is 0.498. The Bertz CT molecular complexity index is 1020. The Morgan fingerprint density at radius 2 is 1.64 bits per heavy atom. The number of rotatable bonds is 9. The Hall–Kier alpha value is -2.25. The maximum atomic E-state index is 13.1. The molecule has 3 aromatic rings. The van der Waals surface area contributed by atoms with Gasteiger partial charge in [-0.15, -0.1) is 0 Å². The maximum Gasteiger partial charge on any atom is 0.241 e. The van der Waals surface area contributed by atoms with E-state index in [1.807, 2.05) is 67.6 Å². The SMILES string of the molecule is Cc1ccc(S(=O)(=O)N[C@@H](CCN)COCc2ccccc2)c2ccccc12. The normalized spacial score (nSPS) is 12.9. The van der Waals surface area contributed by atoms with E-state index in [9.17, 15) is 8.42 Å². The summed E-state index contributed by atoms with van der Waals surface area (Å²) in [5.41, 5.74) is 7.77. The Balaban J connectivity index is 1.76. The molecule has 0 aliphatic carbocycles. The van der Waals surface area contributed by atoms with Gasteiger partial charge in [0, 0.05) is 11.4 Å². The molecule has 0 saturated carbocycles. The van der Waals surface area contributed by atoms with E-state index in [2.05, 4.69) is 4.72 Å². The lowest BCUT2D eigenvalue weighted by atomic mass is 10.1. The minimum Gasteiger partial charge on any atom is -0.375 e. The van der Waals surface area contributed by atoms with Crippen LogP contribution in [0.1, 0.15) is 17.5 Å². The number of hydrogen-bond donors (Lipinski definition) is 2.